The van der Waals surface area contributed by atoms with Gasteiger partial charge in [0, 0.05) is 23.6 Å². The number of para-hydroxylation sites is 1. The molecule has 102 valence electrons. The molecule has 0 aliphatic heterocycles. The van der Waals surface area contributed by atoms with Crippen LogP contribution < -0.4 is 5.32 Å². The van der Waals surface area contributed by atoms with Crippen LogP contribution in [-0.4, -0.2) is 0 Å². The maximum atomic E-state index is 13.6. The number of benzene rings is 2. The molecule has 1 N–H and O–H groups in total. The van der Waals surface area contributed by atoms with Crippen molar-refractivity contribution in [3.05, 3.63) is 65.4 Å². The van der Waals surface area contributed by atoms with Gasteiger partial charge in [-0.2, -0.15) is 0 Å². The molecule has 0 saturated carbocycles. The van der Waals surface area contributed by atoms with E-state index < -0.39 is 11.6 Å². The predicted molar refractivity (Wildman–Crippen MR) is 74.6 cm³/mol. The molecule has 0 bridgehead atoms. The fraction of sp³-hybridized carbons (Fsp3) is 0.125. The van der Waals surface area contributed by atoms with Gasteiger partial charge in [0.1, 0.15) is 23.0 Å². The van der Waals surface area contributed by atoms with E-state index in [4.69, 9.17) is 4.42 Å². The van der Waals surface area contributed by atoms with Crippen LogP contribution in [0.2, 0.25) is 0 Å². The molecule has 0 aliphatic rings. The monoisotopic (exact) mass is 273 g/mol. The molecule has 0 aliphatic carbocycles. The molecule has 3 rings (SSSR count). The molecular weight excluding hydrogens is 260 g/mol. The van der Waals surface area contributed by atoms with Crippen molar-refractivity contribution in [2.45, 2.75) is 13.5 Å². The zero-order valence-corrected chi connectivity index (χ0v) is 10.9. The van der Waals surface area contributed by atoms with Gasteiger partial charge >= 0.3 is 0 Å². The van der Waals surface area contributed by atoms with E-state index in [0.29, 0.717) is 6.54 Å². The lowest BCUT2D eigenvalue weighted by molar-refractivity contribution is 0.572. The summed E-state index contributed by atoms with van der Waals surface area (Å²) >= 11 is 0. The highest BCUT2D eigenvalue weighted by atomic mass is 19.1. The minimum atomic E-state index is -0.601. The second kappa shape index (κ2) is 4.96. The molecule has 2 nitrogen and oxygen atoms in total. The highest BCUT2D eigenvalue weighted by Gasteiger charge is 2.11. The highest BCUT2D eigenvalue weighted by Crippen LogP contribution is 2.26. The van der Waals surface area contributed by atoms with Crippen molar-refractivity contribution in [3.8, 4) is 0 Å². The van der Waals surface area contributed by atoms with Gasteiger partial charge in [-0.15, -0.1) is 0 Å². The van der Waals surface area contributed by atoms with E-state index in [1.54, 1.807) is 0 Å². The molecule has 1 heterocycles. The number of rotatable bonds is 3. The second-order valence-electron chi connectivity index (χ2n) is 4.61. The second-order valence-corrected chi connectivity index (χ2v) is 4.61. The summed E-state index contributed by atoms with van der Waals surface area (Å²) in [5.74, 6) is -0.394. The van der Waals surface area contributed by atoms with Crippen LogP contribution in [0.15, 0.2) is 46.9 Å². The summed E-state index contributed by atoms with van der Waals surface area (Å²) in [6.07, 6.45) is 0. The molecule has 0 radical (unpaired) electrons. The first-order chi connectivity index (χ1) is 9.65. The first kappa shape index (κ1) is 12.7. The van der Waals surface area contributed by atoms with E-state index in [1.165, 1.54) is 12.1 Å². The van der Waals surface area contributed by atoms with Gasteiger partial charge in [-0.1, -0.05) is 18.2 Å². The molecule has 3 aromatic rings. The third-order valence-corrected chi connectivity index (χ3v) is 3.29. The maximum absolute atomic E-state index is 13.6. The van der Waals surface area contributed by atoms with Crippen LogP contribution in [0.25, 0.3) is 11.0 Å². The van der Waals surface area contributed by atoms with E-state index in [9.17, 15) is 8.78 Å². The summed E-state index contributed by atoms with van der Waals surface area (Å²) in [6.45, 7) is 2.30. The third kappa shape index (κ3) is 2.25. The number of furan rings is 1. The summed E-state index contributed by atoms with van der Waals surface area (Å²) in [4.78, 5) is 0. The molecule has 0 unspecified atom stereocenters. The van der Waals surface area contributed by atoms with Gasteiger partial charge in [0.25, 0.3) is 0 Å². The Hall–Kier alpha value is -2.36. The van der Waals surface area contributed by atoms with E-state index in [1.807, 2.05) is 31.2 Å². The summed E-state index contributed by atoms with van der Waals surface area (Å²) in [6, 6.07) is 11.2. The summed E-state index contributed by atoms with van der Waals surface area (Å²) in [7, 11) is 0. The van der Waals surface area contributed by atoms with Crippen LogP contribution in [0, 0.1) is 18.6 Å². The number of anilines is 1. The van der Waals surface area contributed by atoms with Gasteiger partial charge in [0.15, 0.2) is 0 Å². The number of hydrogen-bond donors (Lipinski definition) is 1. The van der Waals surface area contributed by atoms with Gasteiger partial charge in [0.05, 0.1) is 5.69 Å². The third-order valence-electron chi connectivity index (χ3n) is 3.29. The number of hydrogen-bond acceptors (Lipinski definition) is 2. The van der Waals surface area contributed by atoms with Gasteiger partial charge in [-0.3, -0.25) is 0 Å². The normalized spacial score (nSPS) is 10.9. The Kier molecular flexibility index (Phi) is 3.14. The minimum Gasteiger partial charge on any atom is -0.461 e. The Morgan fingerprint density at radius 2 is 1.90 bits per heavy atom. The lowest BCUT2D eigenvalue weighted by Crippen LogP contribution is -2.02. The number of fused-ring (bicyclic) bond motifs is 1. The Bertz CT molecular complexity index is 764. The number of halogens is 2. The van der Waals surface area contributed by atoms with Crippen LogP contribution in [0.3, 0.4) is 0 Å². The van der Waals surface area contributed by atoms with Crippen molar-refractivity contribution in [1.29, 1.82) is 0 Å². The zero-order valence-electron chi connectivity index (χ0n) is 10.9. The van der Waals surface area contributed by atoms with Gasteiger partial charge < -0.3 is 9.73 Å². The van der Waals surface area contributed by atoms with Crippen molar-refractivity contribution >= 4 is 16.7 Å². The van der Waals surface area contributed by atoms with Crippen molar-refractivity contribution < 1.29 is 13.2 Å². The van der Waals surface area contributed by atoms with Crippen LogP contribution >= 0.6 is 0 Å². The number of aryl methyl sites for hydroxylation is 1. The Balaban J connectivity index is 1.88. The van der Waals surface area contributed by atoms with E-state index >= 15 is 0 Å². The van der Waals surface area contributed by atoms with Crippen LogP contribution in [0.4, 0.5) is 14.5 Å². The van der Waals surface area contributed by atoms with E-state index in [2.05, 4.69) is 5.32 Å². The highest BCUT2D eigenvalue weighted by molar-refractivity contribution is 5.82. The molecular formula is C16H13F2NO. The van der Waals surface area contributed by atoms with E-state index in [0.717, 1.165) is 28.4 Å². The fourth-order valence-corrected chi connectivity index (χ4v) is 2.26. The Labute approximate surface area is 115 Å². The molecule has 0 fully saturated rings. The fourth-order valence-electron chi connectivity index (χ4n) is 2.26. The predicted octanol–water partition coefficient (Wildman–Crippen LogP) is 4.63. The lowest BCUT2D eigenvalue weighted by Gasteiger charge is -2.07. The average molecular weight is 273 g/mol. The molecule has 2 aromatic carbocycles. The smallest absolute Gasteiger partial charge is 0.149 e. The van der Waals surface area contributed by atoms with Crippen LogP contribution in [0.1, 0.15) is 11.3 Å². The molecule has 0 spiro atoms. The maximum Gasteiger partial charge on any atom is 0.149 e. The average Bonchev–Trinajstić information content (AvgIpc) is 2.74. The molecule has 0 atom stereocenters. The number of nitrogens with one attached hydrogen (secondary N) is 1. The largest absolute Gasteiger partial charge is 0.461 e. The Morgan fingerprint density at radius 1 is 1.10 bits per heavy atom. The first-order valence-electron chi connectivity index (χ1n) is 6.31. The topological polar surface area (TPSA) is 25.2 Å². The van der Waals surface area contributed by atoms with Crippen molar-refractivity contribution in [2.24, 2.45) is 0 Å². The first-order valence-corrected chi connectivity index (χ1v) is 6.31. The Morgan fingerprint density at radius 3 is 2.70 bits per heavy atom. The minimum absolute atomic E-state index is 0.274. The van der Waals surface area contributed by atoms with Gasteiger partial charge in [-0.25, -0.2) is 8.78 Å². The summed E-state index contributed by atoms with van der Waals surface area (Å²) in [5, 5.41) is 3.97. The van der Waals surface area contributed by atoms with Crippen molar-refractivity contribution in [3.63, 3.8) is 0 Å². The van der Waals surface area contributed by atoms with Crippen LogP contribution in [-0.2, 0) is 6.54 Å². The van der Waals surface area contributed by atoms with Crippen molar-refractivity contribution in [1.82, 2.24) is 0 Å². The quantitative estimate of drug-likeness (QED) is 0.752. The summed E-state index contributed by atoms with van der Waals surface area (Å²) in [5.41, 5.74) is 2.06. The van der Waals surface area contributed by atoms with E-state index in [-0.39, 0.29) is 5.69 Å². The SMILES string of the molecule is Cc1oc2ccccc2c1CNc1ccc(F)cc1F. The standard InChI is InChI=1S/C16H13F2NO/c1-10-13(12-4-2-3-5-16(12)20-10)9-19-15-7-6-11(17)8-14(15)18/h2-8,19H,9H2,1H3. The van der Waals surface area contributed by atoms with Crippen LogP contribution in [0.5, 0.6) is 0 Å². The molecule has 0 amide bonds. The zero-order chi connectivity index (χ0) is 14.1. The molecule has 4 heteroatoms. The molecule has 1 aromatic heterocycles. The van der Waals surface area contributed by atoms with Crippen molar-refractivity contribution in [2.75, 3.05) is 5.32 Å². The molecule has 0 saturated heterocycles. The molecule has 20 heavy (non-hydrogen) atoms. The lowest BCUT2D eigenvalue weighted by atomic mass is 10.1. The van der Waals surface area contributed by atoms with Gasteiger partial charge in [0.2, 0.25) is 0 Å². The summed E-state index contributed by atoms with van der Waals surface area (Å²) < 4.78 is 32.1. The van der Waals surface area contributed by atoms with Gasteiger partial charge in [-0.05, 0) is 25.1 Å².